The largest absolute Gasteiger partial charge is 0.452 e. The molecule has 7 nitrogen and oxygen atoms in total. The fourth-order valence-corrected chi connectivity index (χ4v) is 2.47. The topological polar surface area (TPSA) is 86.4 Å². The highest BCUT2D eigenvalue weighted by Gasteiger charge is 2.34. The van der Waals surface area contributed by atoms with Crippen molar-refractivity contribution in [1.29, 1.82) is 0 Å². The van der Waals surface area contributed by atoms with Crippen LogP contribution in [0, 0.1) is 0 Å². The first kappa shape index (κ1) is 20.2. The summed E-state index contributed by atoms with van der Waals surface area (Å²) in [6.45, 7) is 1.54. The molecule has 0 radical (unpaired) electrons. The van der Waals surface area contributed by atoms with Crippen LogP contribution in [0.5, 0.6) is 0 Å². The maximum absolute atomic E-state index is 13.0. The van der Waals surface area contributed by atoms with E-state index in [2.05, 4.69) is 10.4 Å². The lowest BCUT2D eigenvalue weighted by molar-refractivity contribution is -0.137. The summed E-state index contributed by atoms with van der Waals surface area (Å²) in [4.78, 5) is 24.3. The van der Waals surface area contributed by atoms with Crippen molar-refractivity contribution in [3.05, 3.63) is 71.9 Å². The minimum Gasteiger partial charge on any atom is -0.452 e. The van der Waals surface area contributed by atoms with Gasteiger partial charge in [0.1, 0.15) is 5.76 Å². The van der Waals surface area contributed by atoms with Gasteiger partial charge < -0.3 is 14.5 Å². The lowest BCUT2D eigenvalue weighted by Crippen LogP contribution is -2.30. The number of esters is 1. The molecule has 3 rings (SSSR count). The average molecular weight is 407 g/mol. The molecule has 0 bridgehead atoms. The van der Waals surface area contributed by atoms with Crippen molar-refractivity contribution in [2.24, 2.45) is 0 Å². The average Bonchev–Trinajstić information content (AvgIpc) is 3.33. The molecule has 1 amide bonds. The summed E-state index contributed by atoms with van der Waals surface area (Å²) >= 11 is 0. The van der Waals surface area contributed by atoms with Crippen molar-refractivity contribution >= 4 is 17.6 Å². The zero-order chi connectivity index (χ0) is 21.0. The Hall–Kier alpha value is -3.56. The van der Waals surface area contributed by atoms with Crippen LogP contribution in [0.2, 0.25) is 0 Å². The number of furan rings is 1. The number of anilines is 1. The Morgan fingerprint density at radius 1 is 1.21 bits per heavy atom. The van der Waals surface area contributed by atoms with Crippen molar-refractivity contribution in [1.82, 2.24) is 9.78 Å². The van der Waals surface area contributed by atoms with Gasteiger partial charge in [-0.15, -0.1) is 0 Å². The van der Waals surface area contributed by atoms with Gasteiger partial charge in [0.05, 0.1) is 17.8 Å². The van der Waals surface area contributed by atoms with Crippen molar-refractivity contribution < 1.29 is 31.9 Å². The molecule has 2 heterocycles. The highest BCUT2D eigenvalue weighted by atomic mass is 19.4. The zero-order valence-electron chi connectivity index (χ0n) is 15.1. The van der Waals surface area contributed by atoms with Gasteiger partial charge in [0, 0.05) is 12.4 Å². The molecule has 0 aliphatic heterocycles. The molecule has 29 heavy (non-hydrogen) atoms. The summed E-state index contributed by atoms with van der Waals surface area (Å²) < 4.78 is 51.0. The van der Waals surface area contributed by atoms with Gasteiger partial charge in [-0.05, 0) is 37.3 Å². The molecule has 1 atom stereocenters. The van der Waals surface area contributed by atoms with Crippen molar-refractivity contribution in [2.45, 2.75) is 25.7 Å². The first-order chi connectivity index (χ1) is 13.7. The van der Waals surface area contributed by atoms with E-state index in [0.717, 1.165) is 12.1 Å². The van der Waals surface area contributed by atoms with E-state index in [-0.39, 0.29) is 5.76 Å². The summed E-state index contributed by atoms with van der Waals surface area (Å²) in [5, 5.41) is 6.14. The smallest absolute Gasteiger partial charge is 0.418 e. The van der Waals surface area contributed by atoms with Crippen molar-refractivity contribution in [3.8, 4) is 0 Å². The van der Waals surface area contributed by atoms with Crippen LogP contribution >= 0.6 is 0 Å². The monoisotopic (exact) mass is 407 g/mol. The van der Waals surface area contributed by atoms with Crippen molar-refractivity contribution in [2.75, 3.05) is 5.32 Å². The van der Waals surface area contributed by atoms with Crippen molar-refractivity contribution in [3.63, 3.8) is 0 Å². The molecule has 0 saturated carbocycles. The van der Waals surface area contributed by atoms with Gasteiger partial charge in [0.2, 0.25) is 5.76 Å². The molecule has 1 aromatic carbocycles. The van der Waals surface area contributed by atoms with Gasteiger partial charge in [-0.2, -0.15) is 18.3 Å². The maximum atomic E-state index is 13.0. The van der Waals surface area contributed by atoms with E-state index in [4.69, 9.17) is 9.15 Å². The second-order valence-electron chi connectivity index (χ2n) is 6.05. The number of nitrogens with one attached hydrogen (secondary N) is 1. The number of rotatable bonds is 6. The molecule has 0 spiro atoms. The number of hydrogen-bond acceptors (Lipinski definition) is 5. The van der Waals surface area contributed by atoms with E-state index in [1.54, 1.807) is 29.2 Å². The van der Waals surface area contributed by atoms with Crippen LogP contribution in [0.25, 0.3) is 0 Å². The number of benzene rings is 1. The molecule has 1 unspecified atom stereocenters. The molecule has 3 aromatic rings. The Bertz CT molecular complexity index is 996. The number of hydrogen-bond donors (Lipinski definition) is 1. The van der Waals surface area contributed by atoms with E-state index in [0.29, 0.717) is 12.3 Å². The van der Waals surface area contributed by atoms with Crippen LogP contribution in [-0.2, 0) is 22.3 Å². The minimum atomic E-state index is -4.64. The maximum Gasteiger partial charge on any atom is 0.418 e. The Morgan fingerprint density at radius 2 is 1.97 bits per heavy atom. The van der Waals surface area contributed by atoms with Crippen LogP contribution in [0.15, 0.2) is 59.3 Å². The standard InChI is InChI=1S/C19H16F3N3O4/c1-12(17(26)24-15-6-3-2-5-14(15)19(20,21)22)28-18(27)16-8-7-13(29-16)11-25-10-4-9-23-25/h2-10,12H,11H2,1H3,(H,24,26). The molecule has 2 aromatic heterocycles. The number of nitrogens with zero attached hydrogens (tertiary/aromatic N) is 2. The number of amides is 1. The van der Waals surface area contributed by atoms with Gasteiger partial charge >= 0.3 is 12.1 Å². The SMILES string of the molecule is CC(OC(=O)c1ccc(Cn2cccn2)o1)C(=O)Nc1ccccc1C(F)(F)F. The summed E-state index contributed by atoms with van der Waals surface area (Å²) in [6.07, 6.45) is -2.67. The highest BCUT2D eigenvalue weighted by molar-refractivity contribution is 5.97. The highest BCUT2D eigenvalue weighted by Crippen LogP contribution is 2.34. The fourth-order valence-electron chi connectivity index (χ4n) is 2.47. The van der Waals surface area contributed by atoms with E-state index in [1.807, 2.05) is 0 Å². The van der Waals surface area contributed by atoms with E-state index >= 15 is 0 Å². The number of para-hydroxylation sites is 1. The lowest BCUT2D eigenvalue weighted by Gasteiger charge is -2.16. The van der Waals surface area contributed by atoms with Crippen LogP contribution in [0.1, 0.15) is 28.8 Å². The third-order valence-electron chi connectivity index (χ3n) is 3.88. The molecule has 10 heteroatoms. The zero-order valence-corrected chi connectivity index (χ0v) is 15.1. The molecular weight excluding hydrogens is 391 g/mol. The van der Waals surface area contributed by atoms with Crippen LogP contribution in [0.4, 0.5) is 18.9 Å². The minimum absolute atomic E-state index is 0.137. The van der Waals surface area contributed by atoms with E-state index in [1.165, 1.54) is 25.1 Å². The molecule has 152 valence electrons. The van der Waals surface area contributed by atoms with Gasteiger partial charge in [-0.1, -0.05) is 12.1 Å². The molecule has 0 aliphatic rings. The number of carbonyl (C=O) groups is 2. The van der Waals surface area contributed by atoms with Crippen LogP contribution in [-0.4, -0.2) is 27.8 Å². The lowest BCUT2D eigenvalue weighted by atomic mass is 10.1. The Balaban J connectivity index is 1.61. The molecular formula is C19H16F3N3O4. The summed E-state index contributed by atoms with van der Waals surface area (Å²) in [6, 6.07) is 9.19. The van der Waals surface area contributed by atoms with Gasteiger partial charge in [-0.3, -0.25) is 9.48 Å². The predicted octanol–water partition coefficient (Wildman–Crippen LogP) is 3.73. The number of ether oxygens (including phenoxy) is 1. The Labute approximate surface area is 163 Å². The second-order valence-corrected chi connectivity index (χ2v) is 6.05. The summed E-state index contributed by atoms with van der Waals surface area (Å²) in [5.74, 6) is -1.51. The number of halogens is 3. The number of aromatic nitrogens is 2. The first-order valence-corrected chi connectivity index (χ1v) is 8.48. The van der Waals surface area contributed by atoms with E-state index in [9.17, 15) is 22.8 Å². The Kier molecular flexibility index (Phi) is 5.71. The predicted molar refractivity (Wildman–Crippen MR) is 95.0 cm³/mol. The summed E-state index contributed by atoms with van der Waals surface area (Å²) in [5.41, 5.74) is -1.42. The quantitative estimate of drug-likeness (QED) is 0.630. The number of alkyl halides is 3. The Morgan fingerprint density at radius 3 is 2.66 bits per heavy atom. The normalized spacial score (nSPS) is 12.4. The molecule has 0 aliphatic carbocycles. The third kappa shape index (κ3) is 5.03. The third-order valence-corrected chi connectivity index (χ3v) is 3.88. The van der Waals surface area contributed by atoms with Gasteiger partial charge in [0.25, 0.3) is 5.91 Å². The van der Waals surface area contributed by atoms with Gasteiger partial charge in [0.15, 0.2) is 6.10 Å². The first-order valence-electron chi connectivity index (χ1n) is 8.48. The van der Waals surface area contributed by atoms with E-state index < -0.39 is 35.4 Å². The second kappa shape index (κ2) is 8.21. The molecule has 1 N–H and O–H groups in total. The van der Waals surface area contributed by atoms with Gasteiger partial charge in [-0.25, -0.2) is 4.79 Å². The molecule has 0 fully saturated rings. The molecule has 0 saturated heterocycles. The summed E-state index contributed by atoms with van der Waals surface area (Å²) in [7, 11) is 0. The van der Waals surface area contributed by atoms with Crippen LogP contribution < -0.4 is 5.32 Å². The fraction of sp³-hybridized carbons (Fsp3) is 0.211. The van der Waals surface area contributed by atoms with Crippen LogP contribution in [0.3, 0.4) is 0 Å². The number of carbonyl (C=O) groups excluding carboxylic acids is 2.